The standard InChI is InChI=1S/C17H18N4O/c1-11(2)16-17(21-9-5-4-6-15(21)18-16)20-19-14-8-7-13(22)10-12(14)3/h4-11,22H,1-3H3. The van der Waals surface area contributed by atoms with Gasteiger partial charge >= 0.3 is 0 Å². The molecule has 0 radical (unpaired) electrons. The van der Waals surface area contributed by atoms with E-state index in [1.165, 1.54) is 0 Å². The highest BCUT2D eigenvalue weighted by atomic mass is 16.3. The first kappa shape index (κ1) is 14.3. The van der Waals surface area contributed by atoms with Gasteiger partial charge < -0.3 is 5.11 Å². The van der Waals surface area contributed by atoms with Gasteiger partial charge in [0.1, 0.15) is 11.4 Å². The highest BCUT2D eigenvalue weighted by Gasteiger charge is 2.14. The van der Waals surface area contributed by atoms with Crippen LogP contribution in [0.2, 0.25) is 0 Å². The van der Waals surface area contributed by atoms with E-state index < -0.39 is 0 Å². The average Bonchev–Trinajstić information content (AvgIpc) is 2.85. The number of phenolic OH excluding ortho intramolecular Hbond substituents is 1. The summed E-state index contributed by atoms with van der Waals surface area (Å²) in [5, 5.41) is 18.2. The minimum absolute atomic E-state index is 0.231. The molecular weight excluding hydrogens is 276 g/mol. The summed E-state index contributed by atoms with van der Waals surface area (Å²) in [7, 11) is 0. The predicted octanol–water partition coefficient (Wildman–Crippen LogP) is 4.89. The molecule has 0 fully saturated rings. The van der Waals surface area contributed by atoms with Gasteiger partial charge in [-0.2, -0.15) is 0 Å². The Morgan fingerprint density at radius 3 is 2.68 bits per heavy atom. The first-order valence-electron chi connectivity index (χ1n) is 7.24. The largest absolute Gasteiger partial charge is 0.508 e. The van der Waals surface area contributed by atoms with Gasteiger partial charge in [-0.25, -0.2) is 4.98 Å². The number of nitrogens with zero attached hydrogens (tertiary/aromatic N) is 4. The molecule has 0 bridgehead atoms. The van der Waals surface area contributed by atoms with Crippen molar-refractivity contribution < 1.29 is 5.11 Å². The van der Waals surface area contributed by atoms with E-state index in [1.54, 1.807) is 18.2 Å². The average molecular weight is 294 g/mol. The Kier molecular flexibility index (Phi) is 3.63. The van der Waals surface area contributed by atoms with Crippen molar-refractivity contribution in [3.8, 4) is 5.75 Å². The van der Waals surface area contributed by atoms with Crippen molar-refractivity contribution in [3.05, 3.63) is 53.9 Å². The Bertz CT molecular complexity index is 849. The summed E-state index contributed by atoms with van der Waals surface area (Å²) < 4.78 is 1.94. The van der Waals surface area contributed by atoms with Crippen LogP contribution >= 0.6 is 0 Å². The van der Waals surface area contributed by atoms with Gasteiger partial charge in [-0.05, 0) is 48.7 Å². The van der Waals surface area contributed by atoms with Gasteiger partial charge in [-0.3, -0.25) is 4.40 Å². The Morgan fingerprint density at radius 1 is 1.14 bits per heavy atom. The molecule has 0 aliphatic heterocycles. The predicted molar refractivity (Wildman–Crippen MR) is 86.3 cm³/mol. The number of aromatic nitrogens is 2. The van der Waals surface area contributed by atoms with E-state index in [-0.39, 0.29) is 11.7 Å². The highest BCUT2D eigenvalue weighted by Crippen LogP contribution is 2.30. The maximum atomic E-state index is 9.46. The van der Waals surface area contributed by atoms with Crippen LogP contribution < -0.4 is 0 Å². The minimum atomic E-state index is 0.231. The molecule has 1 N–H and O–H groups in total. The Labute approximate surface area is 129 Å². The van der Waals surface area contributed by atoms with Crippen LogP contribution in [0.4, 0.5) is 11.5 Å². The molecule has 0 saturated carbocycles. The van der Waals surface area contributed by atoms with Gasteiger partial charge in [0.05, 0.1) is 11.4 Å². The zero-order chi connectivity index (χ0) is 15.7. The number of hydrogen-bond donors (Lipinski definition) is 1. The zero-order valence-corrected chi connectivity index (χ0v) is 12.9. The normalized spacial score (nSPS) is 11.8. The van der Waals surface area contributed by atoms with Gasteiger partial charge in [0.2, 0.25) is 0 Å². The number of fused-ring (bicyclic) bond motifs is 1. The Hall–Kier alpha value is -2.69. The maximum Gasteiger partial charge on any atom is 0.183 e. The molecule has 3 rings (SSSR count). The van der Waals surface area contributed by atoms with Crippen molar-refractivity contribution in [2.45, 2.75) is 26.7 Å². The molecule has 5 heteroatoms. The van der Waals surface area contributed by atoms with Crippen molar-refractivity contribution in [2.75, 3.05) is 0 Å². The number of phenols is 1. The molecule has 2 heterocycles. The molecule has 0 aliphatic carbocycles. The lowest BCUT2D eigenvalue weighted by Gasteiger charge is -2.02. The van der Waals surface area contributed by atoms with E-state index in [1.807, 2.05) is 35.7 Å². The van der Waals surface area contributed by atoms with Crippen molar-refractivity contribution in [3.63, 3.8) is 0 Å². The Morgan fingerprint density at radius 2 is 1.95 bits per heavy atom. The van der Waals surface area contributed by atoms with Crippen molar-refractivity contribution >= 4 is 17.2 Å². The highest BCUT2D eigenvalue weighted by molar-refractivity contribution is 5.54. The fourth-order valence-corrected chi connectivity index (χ4v) is 2.34. The quantitative estimate of drug-likeness (QED) is 0.699. The van der Waals surface area contributed by atoms with E-state index in [9.17, 15) is 5.11 Å². The molecule has 0 aliphatic rings. The third-order valence-corrected chi connectivity index (χ3v) is 3.51. The summed E-state index contributed by atoms with van der Waals surface area (Å²) in [4.78, 5) is 4.63. The van der Waals surface area contributed by atoms with Crippen LogP contribution in [0.5, 0.6) is 5.75 Å². The van der Waals surface area contributed by atoms with E-state index in [2.05, 4.69) is 29.1 Å². The van der Waals surface area contributed by atoms with Gasteiger partial charge in [-0.15, -0.1) is 10.2 Å². The molecule has 0 saturated heterocycles. The van der Waals surface area contributed by atoms with Crippen molar-refractivity contribution in [1.82, 2.24) is 9.38 Å². The lowest BCUT2D eigenvalue weighted by molar-refractivity contribution is 0.475. The zero-order valence-electron chi connectivity index (χ0n) is 12.9. The summed E-state index contributed by atoms with van der Waals surface area (Å²) >= 11 is 0. The number of azo groups is 1. The molecule has 2 aromatic heterocycles. The number of hydrogen-bond acceptors (Lipinski definition) is 4. The van der Waals surface area contributed by atoms with Crippen LogP contribution in [-0.2, 0) is 0 Å². The second kappa shape index (κ2) is 5.60. The first-order chi connectivity index (χ1) is 10.6. The van der Waals surface area contributed by atoms with Crippen molar-refractivity contribution in [2.24, 2.45) is 10.2 Å². The molecule has 0 unspecified atom stereocenters. The Balaban J connectivity index is 2.09. The summed E-state index contributed by atoms with van der Waals surface area (Å²) in [5.74, 6) is 1.24. The van der Waals surface area contributed by atoms with Crippen LogP contribution in [0, 0.1) is 6.92 Å². The number of benzene rings is 1. The van der Waals surface area contributed by atoms with Crippen molar-refractivity contribution in [1.29, 1.82) is 0 Å². The molecule has 0 amide bonds. The second-order valence-electron chi connectivity index (χ2n) is 5.57. The van der Waals surface area contributed by atoms with Gasteiger partial charge in [-0.1, -0.05) is 19.9 Å². The van der Waals surface area contributed by atoms with E-state index in [0.29, 0.717) is 0 Å². The van der Waals surface area contributed by atoms with Crippen LogP contribution in [0.15, 0.2) is 52.8 Å². The molecular formula is C17H18N4O. The summed E-state index contributed by atoms with van der Waals surface area (Å²) in [6.07, 6.45) is 1.94. The number of imidazole rings is 1. The van der Waals surface area contributed by atoms with Gasteiger partial charge in [0, 0.05) is 6.20 Å². The van der Waals surface area contributed by atoms with Crippen LogP contribution in [0.3, 0.4) is 0 Å². The van der Waals surface area contributed by atoms with Crippen LogP contribution in [0.1, 0.15) is 31.0 Å². The molecule has 1 aromatic carbocycles. The molecule has 0 atom stereocenters. The molecule has 5 nitrogen and oxygen atoms in total. The second-order valence-corrected chi connectivity index (χ2v) is 5.57. The molecule has 112 valence electrons. The summed E-state index contributed by atoms with van der Waals surface area (Å²) in [6, 6.07) is 10.9. The number of aryl methyl sites for hydroxylation is 1. The fraction of sp³-hybridized carbons (Fsp3) is 0.235. The van der Waals surface area contributed by atoms with Crippen LogP contribution in [-0.4, -0.2) is 14.5 Å². The third kappa shape index (κ3) is 2.57. The minimum Gasteiger partial charge on any atom is -0.508 e. The summed E-state index contributed by atoms with van der Waals surface area (Å²) in [5.41, 5.74) is 3.40. The number of rotatable bonds is 3. The number of aromatic hydroxyl groups is 1. The monoisotopic (exact) mass is 294 g/mol. The maximum absolute atomic E-state index is 9.46. The van der Waals surface area contributed by atoms with E-state index >= 15 is 0 Å². The third-order valence-electron chi connectivity index (χ3n) is 3.51. The lowest BCUT2D eigenvalue weighted by Crippen LogP contribution is -1.87. The smallest absolute Gasteiger partial charge is 0.183 e. The van der Waals surface area contributed by atoms with E-state index in [4.69, 9.17) is 0 Å². The fourth-order valence-electron chi connectivity index (χ4n) is 2.34. The van der Waals surface area contributed by atoms with E-state index in [0.717, 1.165) is 28.4 Å². The van der Waals surface area contributed by atoms with Gasteiger partial charge in [0.15, 0.2) is 5.82 Å². The molecule has 3 aromatic rings. The van der Waals surface area contributed by atoms with Gasteiger partial charge in [0.25, 0.3) is 0 Å². The molecule has 0 spiro atoms. The number of pyridine rings is 1. The molecule has 22 heavy (non-hydrogen) atoms. The SMILES string of the molecule is Cc1cc(O)ccc1N=Nc1c(C(C)C)nc2ccccn12. The topological polar surface area (TPSA) is 62.2 Å². The lowest BCUT2D eigenvalue weighted by atomic mass is 10.1. The first-order valence-corrected chi connectivity index (χ1v) is 7.24. The summed E-state index contributed by atoms with van der Waals surface area (Å²) in [6.45, 7) is 6.07. The van der Waals surface area contributed by atoms with Crippen LogP contribution in [0.25, 0.3) is 5.65 Å².